The Hall–Kier alpha value is -2.93. The molecule has 2 aromatic carbocycles. The first-order valence-corrected chi connectivity index (χ1v) is 12.1. The molecule has 33 heavy (non-hydrogen) atoms. The van der Waals surface area contributed by atoms with Gasteiger partial charge in [0.1, 0.15) is 6.04 Å². The highest BCUT2D eigenvalue weighted by molar-refractivity contribution is 7.12. The molecular weight excluding hydrogens is 479 g/mol. The summed E-state index contributed by atoms with van der Waals surface area (Å²) in [4.78, 5) is 44.8. The number of hydrogen-bond donors (Lipinski definition) is 0. The summed E-state index contributed by atoms with van der Waals surface area (Å²) in [5.41, 5.74) is 2.20. The van der Waals surface area contributed by atoms with Crippen LogP contribution in [0, 0.1) is 11.8 Å². The average molecular weight is 495 g/mol. The van der Waals surface area contributed by atoms with Gasteiger partial charge in [0, 0.05) is 11.2 Å². The smallest absolute Gasteiger partial charge is 0.240 e. The van der Waals surface area contributed by atoms with Crippen molar-refractivity contribution in [3.05, 3.63) is 92.2 Å². The van der Waals surface area contributed by atoms with E-state index in [1.807, 2.05) is 52.9 Å². The number of hydrogen-bond acceptors (Lipinski definition) is 5. The minimum absolute atomic E-state index is 0.156. The van der Waals surface area contributed by atoms with Crippen LogP contribution < -0.4 is 4.90 Å². The van der Waals surface area contributed by atoms with Gasteiger partial charge in [-0.1, -0.05) is 53.5 Å². The van der Waals surface area contributed by atoms with Crippen molar-refractivity contribution >= 4 is 63.9 Å². The molecule has 5 nitrogen and oxygen atoms in total. The molecule has 3 aliphatic heterocycles. The predicted octanol–water partition coefficient (Wildman–Crippen LogP) is 5.45. The molecule has 1 aromatic heterocycles. The SMILES string of the molecule is O=C(c1cccs1)[C@@H]1[C@@H]2C(=O)N(c3ccc(Cl)cc3Cl)C(=O)[C@H]2[C@H]2c3ccccc3C=CN12. The fourth-order valence-electron chi connectivity index (χ4n) is 5.32. The highest BCUT2D eigenvalue weighted by Gasteiger charge is 2.64. The molecule has 4 atom stereocenters. The van der Waals surface area contributed by atoms with E-state index in [4.69, 9.17) is 23.2 Å². The van der Waals surface area contributed by atoms with E-state index in [-0.39, 0.29) is 16.7 Å². The molecule has 3 aliphatic rings. The zero-order valence-corrected chi connectivity index (χ0v) is 19.3. The van der Waals surface area contributed by atoms with Gasteiger partial charge in [-0.2, -0.15) is 0 Å². The van der Waals surface area contributed by atoms with Crippen LogP contribution in [0.25, 0.3) is 6.08 Å². The molecular formula is C25H16Cl2N2O3S. The van der Waals surface area contributed by atoms with E-state index in [1.165, 1.54) is 17.4 Å². The maximum atomic E-state index is 13.8. The largest absolute Gasteiger partial charge is 0.358 e. The van der Waals surface area contributed by atoms with Crippen molar-refractivity contribution in [3.8, 4) is 0 Å². The number of benzene rings is 2. The molecule has 4 heterocycles. The van der Waals surface area contributed by atoms with Gasteiger partial charge in [0.05, 0.1) is 33.5 Å². The van der Waals surface area contributed by atoms with Gasteiger partial charge >= 0.3 is 0 Å². The molecule has 2 saturated heterocycles. The van der Waals surface area contributed by atoms with E-state index in [9.17, 15) is 14.4 Å². The normalized spacial score (nSPS) is 25.3. The van der Waals surface area contributed by atoms with Crippen molar-refractivity contribution in [1.82, 2.24) is 4.90 Å². The van der Waals surface area contributed by atoms with Crippen LogP contribution in [0.1, 0.15) is 26.8 Å². The van der Waals surface area contributed by atoms with Crippen molar-refractivity contribution in [2.75, 3.05) is 4.90 Å². The zero-order valence-electron chi connectivity index (χ0n) is 17.0. The lowest BCUT2D eigenvalue weighted by atomic mass is 9.84. The number of nitrogens with zero attached hydrogens (tertiary/aromatic N) is 2. The van der Waals surface area contributed by atoms with Crippen LogP contribution in [0.2, 0.25) is 10.0 Å². The molecule has 3 aromatic rings. The molecule has 0 saturated carbocycles. The van der Waals surface area contributed by atoms with E-state index in [0.29, 0.717) is 15.6 Å². The first-order chi connectivity index (χ1) is 16.0. The standard InChI is InChI=1S/C25H16Cl2N2O3S/c26-14-7-8-17(16(27)12-14)29-24(31)19-20(25(29)32)22(23(30)18-6-3-11-33-18)28-10-9-13-4-1-2-5-15(13)21(19)28/h1-12,19-22H/t19-,20-,21-,22+/m1/s1. The summed E-state index contributed by atoms with van der Waals surface area (Å²) in [6.45, 7) is 0. The van der Waals surface area contributed by atoms with E-state index in [2.05, 4.69) is 0 Å². The van der Waals surface area contributed by atoms with Gasteiger partial charge < -0.3 is 4.90 Å². The van der Waals surface area contributed by atoms with Crippen LogP contribution in [-0.2, 0) is 9.59 Å². The maximum Gasteiger partial charge on any atom is 0.240 e. The Kier molecular flexibility index (Phi) is 4.73. The van der Waals surface area contributed by atoms with Gasteiger partial charge in [-0.15, -0.1) is 11.3 Å². The Morgan fingerprint density at radius 2 is 1.73 bits per heavy atom. The van der Waals surface area contributed by atoms with Crippen molar-refractivity contribution in [1.29, 1.82) is 0 Å². The summed E-state index contributed by atoms with van der Waals surface area (Å²) in [5, 5.41) is 2.46. The van der Waals surface area contributed by atoms with Crippen LogP contribution in [0.4, 0.5) is 5.69 Å². The van der Waals surface area contributed by atoms with Gasteiger partial charge in [0.15, 0.2) is 5.78 Å². The molecule has 6 rings (SSSR count). The number of carbonyl (C=O) groups excluding carboxylic acids is 3. The lowest BCUT2D eigenvalue weighted by Gasteiger charge is -2.35. The number of thiophene rings is 1. The van der Waals surface area contributed by atoms with Crippen molar-refractivity contribution in [3.63, 3.8) is 0 Å². The quantitative estimate of drug-likeness (QED) is 0.358. The topological polar surface area (TPSA) is 57.7 Å². The number of Topliss-reactive ketones (excluding diaryl/α,β-unsaturated/α-hetero) is 1. The van der Waals surface area contributed by atoms with Gasteiger partial charge in [-0.25, -0.2) is 4.90 Å². The fraction of sp³-hybridized carbons (Fsp3) is 0.160. The van der Waals surface area contributed by atoms with Crippen LogP contribution in [-0.4, -0.2) is 28.5 Å². The third kappa shape index (κ3) is 2.94. The summed E-state index contributed by atoms with van der Waals surface area (Å²) >= 11 is 13.7. The summed E-state index contributed by atoms with van der Waals surface area (Å²) in [5.74, 6) is -2.44. The van der Waals surface area contributed by atoms with Gasteiger partial charge in [0.25, 0.3) is 0 Å². The number of fused-ring (bicyclic) bond motifs is 5. The molecule has 2 amide bonds. The van der Waals surface area contributed by atoms with Gasteiger partial charge in [-0.05, 0) is 46.8 Å². The van der Waals surface area contributed by atoms with Gasteiger partial charge in [0.2, 0.25) is 11.8 Å². The van der Waals surface area contributed by atoms with E-state index in [0.717, 1.165) is 16.0 Å². The average Bonchev–Trinajstić information content (AvgIpc) is 3.51. The summed E-state index contributed by atoms with van der Waals surface area (Å²) in [6, 6.07) is 14.8. The molecule has 164 valence electrons. The Morgan fingerprint density at radius 3 is 2.48 bits per heavy atom. The van der Waals surface area contributed by atoms with Crippen LogP contribution >= 0.6 is 34.5 Å². The number of rotatable bonds is 3. The lowest BCUT2D eigenvalue weighted by Crippen LogP contribution is -2.44. The Balaban J connectivity index is 1.51. The molecule has 0 bridgehead atoms. The van der Waals surface area contributed by atoms with Crippen LogP contribution in [0.15, 0.2) is 66.2 Å². The number of halogens is 2. The van der Waals surface area contributed by atoms with E-state index >= 15 is 0 Å². The van der Waals surface area contributed by atoms with E-state index < -0.39 is 29.8 Å². The van der Waals surface area contributed by atoms with Crippen molar-refractivity contribution < 1.29 is 14.4 Å². The number of amides is 2. The monoisotopic (exact) mass is 494 g/mol. The molecule has 2 fully saturated rings. The minimum atomic E-state index is -0.820. The summed E-state index contributed by atoms with van der Waals surface area (Å²) in [7, 11) is 0. The number of ketones is 1. The summed E-state index contributed by atoms with van der Waals surface area (Å²) < 4.78 is 0. The third-order valence-corrected chi connectivity index (χ3v) is 8.07. The lowest BCUT2D eigenvalue weighted by molar-refractivity contribution is -0.123. The van der Waals surface area contributed by atoms with Crippen molar-refractivity contribution in [2.45, 2.75) is 12.1 Å². The second-order valence-electron chi connectivity index (χ2n) is 8.28. The van der Waals surface area contributed by atoms with Crippen LogP contribution in [0.3, 0.4) is 0 Å². The number of anilines is 1. The number of carbonyl (C=O) groups is 3. The number of imide groups is 1. The second-order valence-corrected chi connectivity index (χ2v) is 10.1. The molecule has 0 aliphatic carbocycles. The molecule has 8 heteroatoms. The maximum absolute atomic E-state index is 13.8. The highest BCUT2D eigenvalue weighted by Crippen LogP contribution is 2.54. The fourth-order valence-corrected chi connectivity index (χ4v) is 6.51. The molecule has 0 radical (unpaired) electrons. The minimum Gasteiger partial charge on any atom is -0.358 e. The zero-order chi connectivity index (χ0) is 22.9. The molecule has 0 unspecified atom stereocenters. The summed E-state index contributed by atoms with van der Waals surface area (Å²) in [6.07, 6.45) is 3.78. The molecule has 0 spiro atoms. The third-order valence-electron chi connectivity index (χ3n) is 6.64. The Labute approximate surface area is 203 Å². The predicted molar refractivity (Wildman–Crippen MR) is 128 cm³/mol. The van der Waals surface area contributed by atoms with Gasteiger partial charge in [-0.3, -0.25) is 14.4 Å². The Bertz CT molecular complexity index is 1350. The first kappa shape index (κ1) is 20.7. The van der Waals surface area contributed by atoms with E-state index in [1.54, 1.807) is 18.2 Å². The Morgan fingerprint density at radius 1 is 0.939 bits per heavy atom. The first-order valence-electron chi connectivity index (χ1n) is 10.4. The second kappa shape index (κ2) is 7.55. The highest BCUT2D eigenvalue weighted by atomic mass is 35.5. The van der Waals surface area contributed by atoms with Crippen molar-refractivity contribution in [2.24, 2.45) is 11.8 Å². The molecule has 0 N–H and O–H groups in total. The van der Waals surface area contributed by atoms with Crippen LogP contribution in [0.5, 0.6) is 0 Å².